The van der Waals surface area contributed by atoms with Crippen LogP contribution in [-0.2, 0) is 4.79 Å². The van der Waals surface area contributed by atoms with E-state index in [1.165, 1.54) is 12.4 Å². The number of carbonyl (C=O) groups is 1. The van der Waals surface area contributed by atoms with E-state index in [4.69, 9.17) is 27.5 Å². The van der Waals surface area contributed by atoms with Crippen molar-refractivity contribution in [3.8, 4) is 0 Å². The second kappa shape index (κ2) is 9.47. The van der Waals surface area contributed by atoms with E-state index >= 15 is 0 Å². The zero-order valence-corrected chi connectivity index (χ0v) is 19.6. The molecule has 0 atom stereocenters. The fourth-order valence-electron chi connectivity index (χ4n) is 4.02. The second-order valence-electron chi connectivity index (χ2n) is 8.46. The number of hydrogen-bond acceptors (Lipinski definition) is 10. The number of aliphatic hydroxyl groups is 1. The van der Waals surface area contributed by atoms with E-state index in [9.17, 15) is 4.79 Å². The molecular weight excluding hydrogens is 472 g/mol. The number of aromatic nitrogens is 4. The van der Waals surface area contributed by atoms with Gasteiger partial charge in [0.15, 0.2) is 11.5 Å². The molecule has 13 heteroatoms. The number of piperazine rings is 1. The number of carbonyl (C=O) groups excluding carboxylic acids is 1. The van der Waals surface area contributed by atoms with Gasteiger partial charge >= 0.3 is 0 Å². The molecule has 2 fully saturated rings. The number of nitrogens with one attached hydrogen (secondary N) is 4. The van der Waals surface area contributed by atoms with Crippen molar-refractivity contribution >= 4 is 58.7 Å². The minimum atomic E-state index is -0.503. The third-order valence-corrected chi connectivity index (χ3v) is 6.45. The molecule has 1 saturated heterocycles. The topological polar surface area (TPSA) is 159 Å². The SMILES string of the molecule is N=Cc1cc(Nc2nc(NC3CC3)c3ncc(C=N)n3n2)c(Cl)c(N2CCN(C(=O)CO)CC2)c1. The summed E-state index contributed by atoms with van der Waals surface area (Å²) < 4.78 is 1.56. The van der Waals surface area contributed by atoms with Gasteiger partial charge in [0, 0.05) is 44.7 Å². The first kappa shape index (κ1) is 23.0. The lowest BCUT2D eigenvalue weighted by Gasteiger charge is -2.36. The molecule has 1 aliphatic heterocycles. The van der Waals surface area contributed by atoms with E-state index in [0.29, 0.717) is 65.7 Å². The lowest BCUT2D eigenvalue weighted by molar-refractivity contribution is -0.134. The summed E-state index contributed by atoms with van der Waals surface area (Å²) in [6.45, 7) is 1.52. The Morgan fingerprint density at radius 3 is 2.63 bits per heavy atom. The van der Waals surface area contributed by atoms with Gasteiger partial charge in [0.05, 0.1) is 22.6 Å². The number of aliphatic hydroxyl groups excluding tert-OH is 1. The predicted molar refractivity (Wildman–Crippen MR) is 134 cm³/mol. The quantitative estimate of drug-likeness (QED) is 0.295. The van der Waals surface area contributed by atoms with Gasteiger partial charge in [0.2, 0.25) is 11.9 Å². The van der Waals surface area contributed by atoms with Crippen LogP contribution in [0.2, 0.25) is 5.02 Å². The number of hydrogen-bond donors (Lipinski definition) is 5. The number of fused-ring (bicyclic) bond motifs is 1. The lowest BCUT2D eigenvalue weighted by Crippen LogP contribution is -2.49. The molecule has 182 valence electrons. The number of nitrogens with zero attached hydrogens (tertiary/aromatic N) is 6. The van der Waals surface area contributed by atoms with Crippen LogP contribution in [0.1, 0.15) is 24.1 Å². The van der Waals surface area contributed by atoms with Crippen LogP contribution in [-0.4, -0.2) is 86.8 Å². The molecule has 3 heterocycles. The van der Waals surface area contributed by atoms with Crippen molar-refractivity contribution in [1.29, 1.82) is 10.8 Å². The maximum Gasteiger partial charge on any atom is 0.248 e. The van der Waals surface area contributed by atoms with Crippen LogP contribution in [0.25, 0.3) is 5.65 Å². The highest BCUT2D eigenvalue weighted by molar-refractivity contribution is 6.36. The Labute approximate surface area is 205 Å². The van der Waals surface area contributed by atoms with Gasteiger partial charge in [-0.05, 0) is 30.5 Å². The van der Waals surface area contributed by atoms with Crippen molar-refractivity contribution in [2.45, 2.75) is 18.9 Å². The third kappa shape index (κ3) is 4.62. The second-order valence-corrected chi connectivity index (χ2v) is 8.84. The normalized spacial score (nSPS) is 15.8. The van der Waals surface area contributed by atoms with Gasteiger partial charge in [0.1, 0.15) is 12.3 Å². The van der Waals surface area contributed by atoms with Crippen LogP contribution in [0.15, 0.2) is 18.3 Å². The molecule has 1 aliphatic carbocycles. The summed E-state index contributed by atoms with van der Waals surface area (Å²) >= 11 is 6.81. The average Bonchev–Trinajstić information content (AvgIpc) is 3.60. The number of halogens is 1. The molecule has 1 amide bonds. The molecule has 2 aliphatic rings. The molecule has 12 nitrogen and oxygen atoms in total. The first-order chi connectivity index (χ1) is 17.0. The third-order valence-electron chi connectivity index (χ3n) is 6.05. The Morgan fingerprint density at radius 1 is 1.20 bits per heavy atom. The van der Waals surface area contributed by atoms with Crippen LogP contribution in [0.3, 0.4) is 0 Å². The Hall–Kier alpha value is -3.77. The summed E-state index contributed by atoms with van der Waals surface area (Å²) in [6.07, 6.45) is 6.11. The van der Waals surface area contributed by atoms with Crippen molar-refractivity contribution < 1.29 is 9.90 Å². The zero-order chi connectivity index (χ0) is 24.5. The van der Waals surface area contributed by atoms with Crippen LogP contribution >= 0.6 is 11.6 Å². The first-order valence-electron chi connectivity index (χ1n) is 11.3. The van der Waals surface area contributed by atoms with E-state index in [-0.39, 0.29) is 11.9 Å². The summed E-state index contributed by atoms with van der Waals surface area (Å²) in [4.78, 5) is 24.4. The molecule has 0 radical (unpaired) electrons. The molecule has 3 aromatic rings. The molecule has 5 N–H and O–H groups in total. The summed E-state index contributed by atoms with van der Waals surface area (Å²) in [5, 5.41) is 36.1. The minimum Gasteiger partial charge on any atom is -0.387 e. The Balaban J connectivity index is 1.47. The van der Waals surface area contributed by atoms with E-state index < -0.39 is 6.61 Å². The van der Waals surface area contributed by atoms with Gasteiger partial charge in [-0.2, -0.15) is 4.98 Å². The van der Waals surface area contributed by atoms with E-state index in [1.54, 1.807) is 21.7 Å². The average molecular weight is 497 g/mol. The molecule has 35 heavy (non-hydrogen) atoms. The minimum absolute atomic E-state index is 0.273. The van der Waals surface area contributed by atoms with Gasteiger partial charge in [-0.15, -0.1) is 5.10 Å². The lowest BCUT2D eigenvalue weighted by atomic mass is 10.1. The number of amides is 1. The van der Waals surface area contributed by atoms with E-state index in [0.717, 1.165) is 18.5 Å². The summed E-state index contributed by atoms with van der Waals surface area (Å²) in [5.41, 5.74) is 2.95. The van der Waals surface area contributed by atoms with Gasteiger partial charge in [-0.3, -0.25) is 4.79 Å². The zero-order valence-electron chi connectivity index (χ0n) is 18.8. The molecule has 0 spiro atoms. The largest absolute Gasteiger partial charge is 0.387 e. The van der Waals surface area contributed by atoms with Crippen molar-refractivity contribution in [2.24, 2.45) is 0 Å². The summed E-state index contributed by atoms with van der Waals surface area (Å²) in [7, 11) is 0. The van der Waals surface area contributed by atoms with Crippen molar-refractivity contribution in [2.75, 3.05) is 48.3 Å². The highest BCUT2D eigenvalue weighted by atomic mass is 35.5. The highest BCUT2D eigenvalue weighted by Crippen LogP contribution is 2.36. The molecule has 0 unspecified atom stereocenters. The first-order valence-corrected chi connectivity index (χ1v) is 11.7. The Bertz CT molecular complexity index is 1300. The number of anilines is 4. The predicted octanol–water partition coefficient (Wildman–Crippen LogP) is 1.73. The van der Waals surface area contributed by atoms with Crippen LogP contribution in [0.5, 0.6) is 0 Å². The van der Waals surface area contributed by atoms with Crippen molar-refractivity contribution in [1.82, 2.24) is 24.5 Å². The number of rotatable bonds is 8. The number of imidazole rings is 1. The maximum absolute atomic E-state index is 11.8. The molecule has 1 saturated carbocycles. The van der Waals surface area contributed by atoms with E-state index in [1.807, 2.05) is 6.07 Å². The van der Waals surface area contributed by atoms with Crippen LogP contribution in [0, 0.1) is 10.8 Å². The van der Waals surface area contributed by atoms with Crippen molar-refractivity contribution in [3.05, 3.63) is 34.6 Å². The summed E-state index contributed by atoms with van der Waals surface area (Å²) in [6, 6.07) is 3.92. The van der Waals surface area contributed by atoms with E-state index in [2.05, 4.69) is 30.6 Å². The fraction of sp³-hybridized carbons (Fsp3) is 0.364. The Morgan fingerprint density at radius 2 is 1.97 bits per heavy atom. The monoisotopic (exact) mass is 496 g/mol. The molecule has 5 rings (SSSR count). The molecule has 2 aromatic heterocycles. The van der Waals surface area contributed by atoms with Crippen LogP contribution < -0.4 is 15.5 Å². The standard InChI is InChI=1S/C22H25ClN10O2/c23-19-16(7-13(9-24)8-17(19)31-3-5-32(6-4-31)18(35)12-34)28-22-29-20(27-14-1-2-14)21-26-11-15(10-25)33(21)30-22/h7-11,14,24-25,34H,1-6,12H2,(H2,27,28,29,30). The van der Waals surface area contributed by atoms with Crippen molar-refractivity contribution in [3.63, 3.8) is 0 Å². The molecular formula is C22H25ClN10O2. The number of benzene rings is 1. The fourth-order valence-corrected chi connectivity index (χ4v) is 4.30. The maximum atomic E-state index is 11.8. The summed E-state index contributed by atoms with van der Waals surface area (Å²) in [5.74, 6) is 0.552. The Kier molecular flexibility index (Phi) is 6.22. The van der Waals surface area contributed by atoms with Gasteiger partial charge in [0.25, 0.3) is 0 Å². The molecule has 1 aromatic carbocycles. The highest BCUT2D eigenvalue weighted by Gasteiger charge is 2.25. The van der Waals surface area contributed by atoms with Gasteiger partial charge < -0.3 is 36.4 Å². The smallest absolute Gasteiger partial charge is 0.248 e. The van der Waals surface area contributed by atoms with Crippen LogP contribution in [0.4, 0.5) is 23.1 Å². The van der Waals surface area contributed by atoms with Gasteiger partial charge in [-0.25, -0.2) is 9.50 Å². The van der Waals surface area contributed by atoms with Gasteiger partial charge in [-0.1, -0.05) is 11.6 Å². The molecule has 0 bridgehead atoms.